The average Bonchev–Trinajstić information content (AvgIpc) is 2.53. The van der Waals surface area contributed by atoms with Gasteiger partial charge in [-0.3, -0.25) is 0 Å². The van der Waals surface area contributed by atoms with Crippen molar-refractivity contribution in [2.75, 3.05) is 18.1 Å². The Morgan fingerprint density at radius 1 is 1.62 bits per heavy atom. The van der Waals surface area contributed by atoms with Gasteiger partial charge in [0.2, 0.25) is 5.27 Å². The van der Waals surface area contributed by atoms with Crippen molar-refractivity contribution in [2.45, 2.75) is 19.8 Å². The second-order valence-electron chi connectivity index (χ2n) is 3.62. The molecular weight excluding hydrogens is 168 g/mol. The second-order valence-corrected chi connectivity index (χ2v) is 3.62. The standard InChI is InChI=1S/C8H14N4O/c1-7-2-4-11(5-3-7)12-6-8(9)13-10-12/h6-7,9H,2-5H2,1H3. The number of rotatable bonds is 1. The van der Waals surface area contributed by atoms with Crippen LogP contribution in [0, 0.1) is 5.92 Å². The number of hydrogen-bond acceptors (Lipinski definition) is 3. The monoisotopic (exact) mass is 182 g/mol. The highest BCUT2D eigenvalue weighted by Crippen LogP contribution is 2.13. The lowest BCUT2D eigenvalue weighted by molar-refractivity contribution is -0.759. The van der Waals surface area contributed by atoms with Gasteiger partial charge in [0, 0.05) is 0 Å². The molecule has 1 fully saturated rings. The topological polar surface area (TPSA) is 57.0 Å². The van der Waals surface area contributed by atoms with Crippen molar-refractivity contribution in [3.63, 3.8) is 0 Å². The highest BCUT2D eigenvalue weighted by atomic mass is 16.5. The predicted octanol–water partition coefficient (Wildman–Crippen LogP) is 1.01. The zero-order valence-corrected chi connectivity index (χ0v) is 7.73. The summed E-state index contributed by atoms with van der Waals surface area (Å²) in [4.78, 5) is 1.63. The number of hydrogen-bond donors (Lipinski definition) is 0. The summed E-state index contributed by atoms with van der Waals surface area (Å²) in [7, 11) is 0. The number of piperidine rings is 1. The largest absolute Gasteiger partial charge is 0.660 e. The molecule has 0 spiro atoms. The summed E-state index contributed by atoms with van der Waals surface area (Å²) in [6.07, 6.45) is 3.97. The minimum Gasteiger partial charge on any atom is -0.660 e. The van der Waals surface area contributed by atoms with E-state index in [-0.39, 0.29) is 5.88 Å². The Kier molecular flexibility index (Phi) is 2.08. The second kappa shape index (κ2) is 3.24. The molecule has 2 heterocycles. The smallest absolute Gasteiger partial charge is 0.256 e. The fourth-order valence-electron chi connectivity index (χ4n) is 1.57. The summed E-state index contributed by atoms with van der Waals surface area (Å²) in [5.41, 5.74) is 7.20. The lowest BCUT2D eigenvalue weighted by Crippen LogP contribution is -2.61. The quantitative estimate of drug-likeness (QED) is 0.609. The van der Waals surface area contributed by atoms with Crippen molar-refractivity contribution in [1.82, 2.24) is 5.27 Å². The van der Waals surface area contributed by atoms with Gasteiger partial charge in [0.05, 0.1) is 17.9 Å². The lowest BCUT2D eigenvalue weighted by Gasteiger charge is -2.23. The Morgan fingerprint density at radius 2 is 2.31 bits per heavy atom. The fraction of sp³-hybridized carbons (Fsp3) is 0.750. The van der Waals surface area contributed by atoms with E-state index in [1.54, 1.807) is 11.0 Å². The SMILES string of the molecule is CC1CCN([n+]2cc([NH-])on2)CC1. The first kappa shape index (κ1) is 8.34. The Balaban J connectivity index is 2.02. The molecule has 2 rings (SSSR count). The zero-order chi connectivity index (χ0) is 9.26. The zero-order valence-electron chi connectivity index (χ0n) is 7.73. The first-order valence-corrected chi connectivity index (χ1v) is 4.61. The molecule has 1 aliphatic heterocycles. The maximum Gasteiger partial charge on any atom is 0.256 e. The molecule has 0 atom stereocenters. The summed E-state index contributed by atoms with van der Waals surface area (Å²) in [6.45, 7) is 4.26. The predicted molar refractivity (Wildman–Crippen MR) is 47.0 cm³/mol. The van der Waals surface area contributed by atoms with Gasteiger partial charge in [-0.15, -0.1) is 0 Å². The van der Waals surface area contributed by atoms with E-state index in [1.807, 2.05) is 0 Å². The van der Waals surface area contributed by atoms with Gasteiger partial charge in [0.15, 0.2) is 0 Å². The van der Waals surface area contributed by atoms with E-state index in [0.29, 0.717) is 0 Å². The van der Waals surface area contributed by atoms with Crippen LogP contribution in [0.15, 0.2) is 10.7 Å². The van der Waals surface area contributed by atoms with Gasteiger partial charge in [0.1, 0.15) is 5.88 Å². The van der Waals surface area contributed by atoms with Gasteiger partial charge >= 0.3 is 0 Å². The van der Waals surface area contributed by atoms with Gasteiger partial charge in [-0.1, -0.05) is 6.92 Å². The van der Waals surface area contributed by atoms with Gasteiger partial charge in [0.25, 0.3) is 6.20 Å². The number of aromatic nitrogens is 2. The molecular formula is C8H14N4O. The van der Waals surface area contributed by atoms with Crippen LogP contribution < -0.4 is 9.80 Å². The third kappa shape index (κ3) is 1.74. The van der Waals surface area contributed by atoms with Crippen LogP contribution in [-0.2, 0) is 0 Å². The van der Waals surface area contributed by atoms with Gasteiger partial charge < -0.3 is 10.3 Å². The minimum atomic E-state index is 0.110. The van der Waals surface area contributed by atoms with E-state index in [0.717, 1.165) is 19.0 Å². The Bertz CT molecular complexity index is 277. The lowest BCUT2D eigenvalue weighted by atomic mass is 10.0. The third-order valence-corrected chi connectivity index (χ3v) is 2.51. The minimum absolute atomic E-state index is 0.110. The van der Waals surface area contributed by atoms with Crippen molar-refractivity contribution in [3.8, 4) is 0 Å². The molecule has 0 aliphatic carbocycles. The molecule has 5 heteroatoms. The number of nitrogens with zero attached hydrogens (tertiary/aromatic N) is 3. The maximum absolute atomic E-state index is 7.20. The third-order valence-electron chi connectivity index (χ3n) is 2.51. The summed E-state index contributed by atoms with van der Waals surface area (Å²) < 4.78 is 4.68. The van der Waals surface area contributed by atoms with Gasteiger partial charge in [-0.25, -0.2) is 0 Å². The molecule has 0 aromatic carbocycles. The van der Waals surface area contributed by atoms with Crippen LogP contribution in [0.5, 0.6) is 0 Å². The molecule has 0 bridgehead atoms. The highest BCUT2D eigenvalue weighted by Gasteiger charge is 2.23. The summed E-state index contributed by atoms with van der Waals surface area (Å²) in [5, 5.41) is 5.84. The maximum atomic E-state index is 7.20. The Labute approximate surface area is 77.0 Å². The Morgan fingerprint density at radius 3 is 2.85 bits per heavy atom. The van der Waals surface area contributed by atoms with Gasteiger partial charge in [-0.05, 0) is 18.8 Å². The van der Waals surface area contributed by atoms with Crippen LogP contribution in [0.4, 0.5) is 5.88 Å². The average molecular weight is 182 g/mol. The van der Waals surface area contributed by atoms with Crippen molar-refractivity contribution in [2.24, 2.45) is 5.92 Å². The van der Waals surface area contributed by atoms with Gasteiger partial charge in [-0.2, -0.15) is 5.01 Å². The highest BCUT2D eigenvalue weighted by molar-refractivity contribution is 5.19. The van der Waals surface area contributed by atoms with Crippen LogP contribution in [0.3, 0.4) is 0 Å². The van der Waals surface area contributed by atoms with E-state index in [9.17, 15) is 0 Å². The Hall–Kier alpha value is -1.26. The normalized spacial score (nSPS) is 19.3. The molecule has 13 heavy (non-hydrogen) atoms. The van der Waals surface area contributed by atoms with E-state index < -0.39 is 0 Å². The molecule has 0 amide bonds. The summed E-state index contributed by atoms with van der Waals surface area (Å²) in [5.74, 6) is 0.915. The molecule has 5 nitrogen and oxygen atoms in total. The van der Waals surface area contributed by atoms with Crippen LogP contribution in [0.25, 0.3) is 5.73 Å². The molecule has 1 N–H and O–H groups in total. The molecule has 0 saturated carbocycles. The van der Waals surface area contributed by atoms with E-state index in [2.05, 4.69) is 21.7 Å². The summed E-state index contributed by atoms with van der Waals surface area (Å²) in [6, 6.07) is 0. The van der Waals surface area contributed by atoms with Crippen molar-refractivity contribution in [1.29, 1.82) is 0 Å². The molecule has 0 radical (unpaired) electrons. The van der Waals surface area contributed by atoms with Crippen LogP contribution in [0.2, 0.25) is 0 Å². The van der Waals surface area contributed by atoms with E-state index in [1.165, 1.54) is 12.8 Å². The van der Waals surface area contributed by atoms with Crippen LogP contribution in [-0.4, -0.2) is 18.4 Å². The van der Waals surface area contributed by atoms with Crippen LogP contribution in [0.1, 0.15) is 19.8 Å². The molecule has 0 unspecified atom stereocenters. The summed E-state index contributed by atoms with van der Waals surface area (Å²) >= 11 is 0. The van der Waals surface area contributed by atoms with Crippen LogP contribution >= 0.6 is 0 Å². The fourth-order valence-corrected chi connectivity index (χ4v) is 1.57. The molecule has 1 saturated heterocycles. The molecule has 1 aromatic rings. The molecule has 1 aromatic heterocycles. The van der Waals surface area contributed by atoms with E-state index >= 15 is 0 Å². The first-order valence-electron chi connectivity index (χ1n) is 4.61. The molecule has 1 aliphatic rings. The van der Waals surface area contributed by atoms with Crippen molar-refractivity contribution >= 4 is 5.88 Å². The first-order chi connectivity index (χ1) is 6.25. The van der Waals surface area contributed by atoms with Crippen molar-refractivity contribution in [3.05, 3.63) is 11.9 Å². The number of nitrogens with one attached hydrogen (secondary N) is 1. The van der Waals surface area contributed by atoms with Crippen molar-refractivity contribution < 1.29 is 9.31 Å². The van der Waals surface area contributed by atoms with E-state index in [4.69, 9.17) is 5.73 Å². The molecule has 72 valence electrons.